The van der Waals surface area contributed by atoms with E-state index in [1.54, 1.807) is 6.07 Å². The van der Waals surface area contributed by atoms with Gasteiger partial charge >= 0.3 is 12.3 Å². The van der Waals surface area contributed by atoms with Crippen LogP contribution in [0, 0.1) is 0 Å². The average molecular weight is 503 g/mol. The minimum absolute atomic E-state index is 0.0186. The van der Waals surface area contributed by atoms with E-state index in [-0.39, 0.29) is 24.2 Å². The molecule has 35 heavy (non-hydrogen) atoms. The molecule has 0 spiro atoms. The number of hydrogen-bond donors (Lipinski definition) is 2. The molecule has 3 rings (SSSR count). The molecular formula is C23H25F4NO7. The number of alkyl halides is 4. The van der Waals surface area contributed by atoms with Crippen LogP contribution in [0.4, 0.5) is 22.4 Å². The van der Waals surface area contributed by atoms with E-state index < -0.39 is 55.1 Å². The van der Waals surface area contributed by atoms with Crippen LogP contribution in [0.3, 0.4) is 0 Å². The van der Waals surface area contributed by atoms with Crippen LogP contribution in [0.1, 0.15) is 35.4 Å². The third-order valence-corrected chi connectivity index (χ3v) is 5.46. The topological polar surface area (TPSA) is 107 Å². The lowest BCUT2D eigenvalue weighted by Crippen LogP contribution is -2.53. The number of halogens is 4. The van der Waals surface area contributed by atoms with Gasteiger partial charge in [-0.2, -0.15) is 13.2 Å². The van der Waals surface area contributed by atoms with Gasteiger partial charge in [-0.15, -0.1) is 0 Å². The first-order chi connectivity index (χ1) is 16.5. The molecule has 0 radical (unpaired) electrons. The van der Waals surface area contributed by atoms with Gasteiger partial charge in [-0.05, 0) is 36.2 Å². The van der Waals surface area contributed by atoms with Crippen LogP contribution in [-0.4, -0.2) is 66.2 Å². The molecule has 5 atom stereocenters. The zero-order valence-corrected chi connectivity index (χ0v) is 18.9. The predicted molar refractivity (Wildman–Crippen MR) is 113 cm³/mol. The zero-order chi connectivity index (χ0) is 25.8. The van der Waals surface area contributed by atoms with Gasteiger partial charge in [-0.3, -0.25) is 4.98 Å². The highest BCUT2D eigenvalue weighted by molar-refractivity contribution is 5.59. The second-order valence-electron chi connectivity index (χ2n) is 7.80. The number of methoxy groups -OCH3 is 1. The number of hydrogen-bond acceptors (Lipinski definition) is 8. The number of carbonyl (C=O) groups is 1. The molecule has 1 aliphatic heterocycles. The summed E-state index contributed by atoms with van der Waals surface area (Å²) in [4.78, 5) is 15.5. The number of aromatic nitrogens is 1. The van der Waals surface area contributed by atoms with E-state index in [4.69, 9.17) is 14.2 Å². The summed E-state index contributed by atoms with van der Waals surface area (Å²) in [7, 11) is 1.43. The van der Waals surface area contributed by atoms with E-state index in [1.807, 2.05) is 0 Å². The van der Waals surface area contributed by atoms with E-state index in [9.17, 15) is 32.6 Å². The molecule has 0 amide bonds. The molecule has 2 aromatic rings. The van der Waals surface area contributed by atoms with Crippen molar-refractivity contribution in [3.05, 3.63) is 58.9 Å². The lowest BCUT2D eigenvalue weighted by atomic mass is 9.89. The molecule has 1 saturated heterocycles. The standard InChI is InChI=1S/C23H25F4NO7/c1-3-33-22(31)34-11-17-18(24)19(29)20(30)21(35-17)12-4-7-16(23(25,26)27)13(8-12)9-14-5-6-15(32-2)10-28-14/h4-8,10,17-21,29-30H,3,9,11H2,1-2H3. The fourth-order valence-corrected chi connectivity index (χ4v) is 3.69. The van der Waals surface area contributed by atoms with Crippen molar-refractivity contribution in [3.63, 3.8) is 0 Å². The number of ether oxygens (including phenoxy) is 4. The number of pyridine rings is 1. The second-order valence-corrected chi connectivity index (χ2v) is 7.80. The molecule has 2 heterocycles. The molecule has 1 aromatic heterocycles. The van der Waals surface area contributed by atoms with Gasteiger partial charge in [0.05, 0.1) is 25.5 Å². The van der Waals surface area contributed by atoms with Crippen LogP contribution < -0.4 is 4.74 Å². The summed E-state index contributed by atoms with van der Waals surface area (Å²) in [6.45, 7) is 0.921. The Morgan fingerprint density at radius 1 is 1.14 bits per heavy atom. The van der Waals surface area contributed by atoms with Crippen LogP contribution in [0.15, 0.2) is 36.5 Å². The van der Waals surface area contributed by atoms with Gasteiger partial charge in [-0.25, -0.2) is 9.18 Å². The van der Waals surface area contributed by atoms with Gasteiger partial charge in [-0.1, -0.05) is 12.1 Å². The van der Waals surface area contributed by atoms with Gasteiger partial charge in [0.1, 0.15) is 36.8 Å². The maximum atomic E-state index is 14.5. The highest BCUT2D eigenvalue weighted by atomic mass is 19.4. The average Bonchev–Trinajstić information content (AvgIpc) is 2.82. The first kappa shape index (κ1) is 26.6. The largest absolute Gasteiger partial charge is 0.508 e. The SMILES string of the molecule is CCOC(=O)OCC1OC(c2ccc(C(F)(F)F)c(Cc3ccc(OC)cn3)c2)C(O)C(O)C1F. The summed E-state index contributed by atoms with van der Waals surface area (Å²) >= 11 is 0. The third kappa shape index (κ3) is 6.38. The first-order valence-corrected chi connectivity index (χ1v) is 10.7. The van der Waals surface area contributed by atoms with Crippen molar-refractivity contribution < 1.29 is 51.5 Å². The number of carbonyl (C=O) groups excluding carboxylic acids is 1. The van der Waals surface area contributed by atoms with Crippen molar-refractivity contribution in [2.24, 2.45) is 0 Å². The number of aliphatic hydroxyl groups excluding tert-OH is 2. The predicted octanol–water partition coefficient (Wildman–Crippen LogP) is 3.37. The summed E-state index contributed by atoms with van der Waals surface area (Å²) in [6.07, 6.45) is -13.3. The molecule has 0 aliphatic carbocycles. The fourth-order valence-electron chi connectivity index (χ4n) is 3.69. The minimum Gasteiger partial charge on any atom is -0.495 e. The molecule has 2 N–H and O–H groups in total. The maximum absolute atomic E-state index is 14.5. The van der Waals surface area contributed by atoms with Crippen molar-refractivity contribution in [2.75, 3.05) is 20.3 Å². The van der Waals surface area contributed by atoms with Crippen LogP contribution in [0.2, 0.25) is 0 Å². The molecule has 12 heteroatoms. The monoisotopic (exact) mass is 503 g/mol. The summed E-state index contributed by atoms with van der Waals surface area (Å²) in [5.41, 5.74) is -0.695. The molecule has 0 saturated carbocycles. The van der Waals surface area contributed by atoms with Crippen LogP contribution in [0.5, 0.6) is 5.75 Å². The summed E-state index contributed by atoms with van der Waals surface area (Å²) in [5.74, 6) is 0.433. The lowest BCUT2D eigenvalue weighted by Gasteiger charge is -2.39. The molecule has 1 aliphatic rings. The number of aliphatic hydroxyl groups is 2. The lowest BCUT2D eigenvalue weighted by molar-refractivity contribution is -0.215. The van der Waals surface area contributed by atoms with E-state index in [2.05, 4.69) is 9.72 Å². The van der Waals surface area contributed by atoms with E-state index in [0.717, 1.165) is 18.2 Å². The first-order valence-electron chi connectivity index (χ1n) is 10.7. The highest BCUT2D eigenvalue weighted by Crippen LogP contribution is 2.38. The summed E-state index contributed by atoms with van der Waals surface area (Å²) < 4.78 is 75.4. The van der Waals surface area contributed by atoms with Gasteiger partial charge in [0.2, 0.25) is 0 Å². The molecule has 1 aromatic carbocycles. The van der Waals surface area contributed by atoms with E-state index in [1.165, 1.54) is 26.3 Å². The Kier molecular flexibility index (Phi) is 8.51. The number of benzene rings is 1. The highest BCUT2D eigenvalue weighted by Gasteiger charge is 2.46. The van der Waals surface area contributed by atoms with Gasteiger partial charge in [0.25, 0.3) is 0 Å². The van der Waals surface area contributed by atoms with Crippen LogP contribution in [0.25, 0.3) is 0 Å². The minimum atomic E-state index is -4.67. The number of nitrogens with zero attached hydrogens (tertiary/aromatic N) is 1. The van der Waals surface area contributed by atoms with Gasteiger partial charge in [0.15, 0.2) is 6.17 Å². The van der Waals surface area contributed by atoms with Crippen molar-refractivity contribution in [1.82, 2.24) is 4.98 Å². The smallest absolute Gasteiger partial charge is 0.495 e. The molecular weight excluding hydrogens is 478 g/mol. The van der Waals surface area contributed by atoms with Crippen molar-refractivity contribution in [2.45, 2.75) is 50.1 Å². The summed E-state index contributed by atoms with van der Waals surface area (Å²) in [5, 5.41) is 20.6. The molecule has 1 fully saturated rings. The van der Waals surface area contributed by atoms with Gasteiger partial charge in [0, 0.05) is 12.1 Å². The molecule has 8 nitrogen and oxygen atoms in total. The summed E-state index contributed by atoms with van der Waals surface area (Å²) in [6, 6.07) is 6.13. The Hall–Kier alpha value is -2.96. The fraction of sp³-hybridized carbons (Fsp3) is 0.478. The Bertz CT molecular complexity index is 1000. The van der Waals surface area contributed by atoms with Crippen molar-refractivity contribution in [3.8, 4) is 5.75 Å². The molecule has 0 bridgehead atoms. The maximum Gasteiger partial charge on any atom is 0.508 e. The number of rotatable bonds is 7. The molecule has 5 unspecified atom stereocenters. The third-order valence-electron chi connectivity index (χ3n) is 5.46. The van der Waals surface area contributed by atoms with Crippen molar-refractivity contribution >= 4 is 6.16 Å². The van der Waals surface area contributed by atoms with Gasteiger partial charge < -0.3 is 29.2 Å². The Labute approximate surface area is 198 Å². The zero-order valence-electron chi connectivity index (χ0n) is 18.9. The molecule has 192 valence electrons. The van der Waals surface area contributed by atoms with Crippen LogP contribution in [-0.2, 0) is 26.8 Å². The Morgan fingerprint density at radius 2 is 1.89 bits per heavy atom. The van der Waals surface area contributed by atoms with E-state index in [0.29, 0.717) is 11.4 Å². The quantitative estimate of drug-likeness (QED) is 0.438. The Morgan fingerprint density at radius 3 is 2.49 bits per heavy atom. The normalized spacial score (nSPS) is 24.6. The van der Waals surface area contributed by atoms with Crippen LogP contribution >= 0.6 is 0 Å². The Balaban J connectivity index is 1.89. The van der Waals surface area contributed by atoms with E-state index >= 15 is 0 Å². The second kappa shape index (κ2) is 11.2. The van der Waals surface area contributed by atoms with Crippen molar-refractivity contribution in [1.29, 1.82) is 0 Å².